The van der Waals surface area contributed by atoms with Crippen molar-refractivity contribution in [2.24, 2.45) is 0 Å². The Morgan fingerprint density at radius 3 is 1.33 bits per heavy atom. The molecule has 5 aromatic heterocycles. The molecular formula is C56H38N8S2. The van der Waals surface area contributed by atoms with Gasteiger partial charge in [-0.2, -0.15) is 0 Å². The van der Waals surface area contributed by atoms with Crippen molar-refractivity contribution in [3.8, 4) is 22.3 Å². The second kappa shape index (κ2) is 15.4. The average molecular weight is 887 g/mol. The molecule has 9 heterocycles. The number of fused-ring (bicyclic) bond motifs is 12. The molecule has 0 saturated heterocycles. The minimum atomic E-state index is 0.835. The summed E-state index contributed by atoms with van der Waals surface area (Å²) in [5.74, 6) is 0. The third-order valence-electron chi connectivity index (χ3n) is 12.6. The van der Waals surface area contributed by atoms with E-state index in [0.717, 1.165) is 89.4 Å². The lowest BCUT2D eigenvalue weighted by Crippen LogP contribution is -2.14. The zero-order valence-electron chi connectivity index (χ0n) is 35.8. The lowest BCUT2D eigenvalue weighted by molar-refractivity contribution is 1.11. The molecule has 0 radical (unpaired) electrons. The Hall–Kier alpha value is -7.92. The van der Waals surface area contributed by atoms with E-state index < -0.39 is 0 Å². The number of H-pyrrole nitrogens is 2. The maximum absolute atomic E-state index is 5.34. The van der Waals surface area contributed by atoms with Gasteiger partial charge in [0.2, 0.25) is 0 Å². The van der Waals surface area contributed by atoms with E-state index in [0.29, 0.717) is 0 Å². The van der Waals surface area contributed by atoms with E-state index in [4.69, 9.17) is 9.97 Å². The quantitative estimate of drug-likeness (QED) is 0.181. The third-order valence-corrected chi connectivity index (χ3v) is 14.9. The van der Waals surface area contributed by atoms with Crippen molar-refractivity contribution in [3.63, 3.8) is 0 Å². The Morgan fingerprint density at radius 1 is 0.424 bits per heavy atom. The normalized spacial score (nSPS) is 13.6. The summed E-state index contributed by atoms with van der Waals surface area (Å²) in [5, 5.41) is 0. The monoisotopic (exact) mass is 886 g/mol. The van der Waals surface area contributed by atoms with Crippen LogP contribution in [-0.2, 0) is 0 Å². The zero-order chi connectivity index (χ0) is 43.9. The van der Waals surface area contributed by atoms with E-state index in [-0.39, 0.29) is 0 Å². The summed E-state index contributed by atoms with van der Waals surface area (Å²) in [6.45, 7) is 0. The molecule has 66 heavy (non-hydrogen) atoms. The van der Waals surface area contributed by atoms with Crippen LogP contribution in [-0.4, -0.2) is 44.0 Å². The highest BCUT2D eigenvalue weighted by atomic mass is 32.2. The fourth-order valence-electron chi connectivity index (χ4n) is 9.44. The first-order valence-corrected chi connectivity index (χ1v) is 23.4. The van der Waals surface area contributed by atoms with Gasteiger partial charge in [0, 0.05) is 114 Å². The van der Waals surface area contributed by atoms with E-state index in [2.05, 4.69) is 189 Å². The molecule has 4 aliphatic rings. The Morgan fingerprint density at radius 2 is 0.879 bits per heavy atom. The van der Waals surface area contributed by atoms with Crippen molar-refractivity contribution < 1.29 is 0 Å². The number of hydrogen-bond donors (Lipinski definition) is 2. The molecule has 314 valence electrons. The number of rotatable bonds is 4. The summed E-state index contributed by atoms with van der Waals surface area (Å²) in [5.41, 5.74) is 20.3. The Bertz CT molecular complexity index is 3460. The van der Waals surface area contributed by atoms with Crippen LogP contribution in [0.25, 0.3) is 67.6 Å². The number of para-hydroxylation sites is 2. The van der Waals surface area contributed by atoms with Crippen molar-refractivity contribution in [1.82, 2.24) is 29.9 Å². The molecule has 0 atom stereocenters. The van der Waals surface area contributed by atoms with Crippen LogP contribution < -0.4 is 9.80 Å². The third kappa shape index (κ3) is 6.64. The lowest BCUT2D eigenvalue weighted by atomic mass is 10.0. The van der Waals surface area contributed by atoms with E-state index in [9.17, 15) is 0 Å². The van der Waals surface area contributed by atoms with Crippen LogP contribution in [0, 0.1) is 0 Å². The van der Waals surface area contributed by atoms with Crippen molar-refractivity contribution in [1.29, 1.82) is 0 Å². The van der Waals surface area contributed by atoms with Gasteiger partial charge in [0.25, 0.3) is 0 Å². The molecule has 8 bridgehead atoms. The second-order valence-electron chi connectivity index (χ2n) is 16.7. The average Bonchev–Trinajstić information content (AvgIpc) is 4.15. The number of nitrogens with one attached hydrogen (secondary N) is 2. The van der Waals surface area contributed by atoms with E-state index in [1.807, 2.05) is 60.4 Å². The Kier molecular flexibility index (Phi) is 8.97. The number of anilines is 4. The first kappa shape index (κ1) is 38.5. The number of aromatic amines is 2. The molecule has 9 aromatic rings. The number of hydrogen-bond acceptors (Lipinski definition) is 8. The molecule has 0 fully saturated rings. The Labute approximate surface area is 389 Å². The largest absolute Gasteiger partial charge is 0.355 e. The summed E-state index contributed by atoms with van der Waals surface area (Å²) in [6, 6.07) is 51.9. The maximum Gasteiger partial charge on any atom is 0.0737 e. The molecule has 0 unspecified atom stereocenters. The van der Waals surface area contributed by atoms with Gasteiger partial charge in [0.15, 0.2) is 0 Å². The molecule has 0 spiro atoms. The van der Waals surface area contributed by atoms with Gasteiger partial charge in [-0.25, -0.2) is 9.97 Å². The molecule has 2 N–H and O–H groups in total. The molecule has 0 amide bonds. The molecule has 0 saturated carbocycles. The standard InChI is InChI=1S/C56H38N8S2/c1-63-49-11-3-5-13-53(49)65-55-21-33(15-17-51(55)63)41-23-37-29-47-44(36-10-8-20-58-32-36)26-40(62-47)28-46-42(34-16-18-52-56(22-34)66-54-14-6-4-12-50(54)64(52)2)24-38(60-46)30-48-43(35-9-7-19-57-31-35)25-39(61-48)27-45(41)59-37/h3-32,59-60H,1-2H3. The highest BCUT2D eigenvalue weighted by molar-refractivity contribution is 8.00. The first-order chi connectivity index (χ1) is 32.5. The smallest absolute Gasteiger partial charge is 0.0737 e. The minimum absolute atomic E-state index is 0.835. The number of pyridine rings is 2. The molecule has 13 rings (SSSR count). The summed E-state index contributed by atoms with van der Waals surface area (Å²) in [7, 11) is 4.29. The van der Waals surface area contributed by atoms with Gasteiger partial charge in [0.1, 0.15) is 0 Å². The number of benzene rings is 4. The van der Waals surface area contributed by atoms with Gasteiger partial charge in [0.05, 0.1) is 45.5 Å². The molecule has 4 aliphatic heterocycles. The molecule has 8 nitrogen and oxygen atoms in total. The van der Waals surface area contributed by atoms with Crippen LogP contribution in [0.2, 0.25) is 0 Å². The minimum Gasteiger partial charge on any atom is -0.355 e. The van der Waals surface area contributed by atoms with Crippen LogP contribution in [0.15, 0.2) is 190 Å². The van der Waals surface area contributed by atoms with Gasteiger partial charge >= 0.3 is 0 Å². The topological polar surface area (TPSA) is 89.6 Å². The first-order valence-electron chi connectivity index (χ1n) is 21.8. The van der Waals surface area contributed by atoms with Gasteiger partial charge < -0.3 is 19.8 Å². The van der Waals surface area contributed by atoms with Crippen LogP contribution >= 0.6 is 23.5 Å². The molecule has 10 heteroatoms. The van der Waals surface area contributed by atoms with Crippen molar-refractivity contribution in [3.05, 3.63) is 204 Å². The fourth-order valence-corrected chi connectivity index (χ4v) is 11.8. The molecular weight excluding hydrogens is 849 g/mol. The fraction of sp³-hybridized carbons (Fsp3) is 0.0357. The maximum atomic E-state index is 5.34. The van der Waals surface area contributed by atoms with Gasteiger partial charge in [-0.1, -0.05) is 72.1 Å². The van der Waals surface area contributed by atoms with Crippen molar-refractivity contribution in [2.45, 2.75) is 19.6 Å². The highest BCUT2D eigenvalue weighted by Crippen LogP contribution is 2.50. The van der Waals surface area contributed by atoms with Crippen molar-refractivity contribution in [2.75, 3.05) is 23.9 Å². The lowest BCUT2D eigenvalue weighted by Gasteiger charge is -2.29. The van der Waals surface area contributed by atoms with Crippen LogP contribution in [0.3, 0.4) is 0 Å². The van der Waals surface area contributed by atoms with Crippen LogP contribution in [0.4, 0.5) is 22.7 Å². The summed E-state index contributed by atoms with van der Waals surface area (Å²) < 4.78 is 0. The molecule has 0 aliphatic carbocycles. The predicted molar refractivity (Wildman–Crippen MR) is 272 cm³/mol. The second-order valence-corrected chi connectivity index (χ2v) is 18.9. The van der Waals surface area contributed by atoms with Crippen LogP contribution in [0.5, 0.6) is 0 Å². The van der Waals surface area contributed by atoms with Gasteiger partial charge in [-0.05, 0) is 120 Å². The number of aromatic nitrogens is 6. The zero-order valence-corrected chi connectivity index (χ0v) is 37.5. The SMILES string of the molecule is CN1c2ccccc2Sc2cc(-c3cc4cc5nc(cc6[nH]c(cc7nc(cc3[nH]4)C=C7c3cccnc3)cc6-c3ccc4c(c3)Sc3ccccc3N4C)C=C5c3cccnc3)ccc21. The highest BCUT2D eigenvalue weighted by Gasteiger charge is 2.24. The predicted octanol–water partition coefficient (Wildman–Crippen LogP) is 14.1. The van der Waals surface area contributed by atoms with Crippen molar-refractivity contribution >= 4 is 91.6 Å². The Balaban J connectivity index is 1.04. The van der Waals surface area contributed by atoms with Crippen LogP contribution in [0.1, 0.15) is 33.9 Å². The summed E-state index contributed by atoms with van der Waals surface area (Å²) in [4.78, 5) is 36.8. The van der Waals surface area contributed by atoms with E-state index >= 15 is 0 Å². The number of nitrogens with zero attached hydrogens (tertiary/aromatic N) is 6. The van der Waals surface area contributed by atoms with E-state index in [1.54, 1.807) is 0 Å². The van der Waals surface area contributed by atoms with Gasteiger partial charge in [-0.3, -0.25) is 9.97 Å². The summed E-state index contributed by atoms with van der Waals surface area (Å²) in [6.07, 6.45) is 11.8. The van der Waals surface area contributed by atoms with Gasteiger partial charge in [-0.15, -0.1) is 0 Å². The summed E-state index contributed by atoms with van der Waals surface area (Å²) >= 11 is 3.62. The van der Waals surface area contributed by atoms with E-state index in [1.165, 1.54) is 42.3 Å². The molecule has 4 aromatic carbocycles.